The first kappa shape index (κ1) is 10.1. The number of fused-ring (bicyclic) bond motifs is 3. The Morgan fingerprint density at radius 2 is 1.81 bits per heavy atom. The second-order valence-corrected chi connectivity index (χ2v) is 4.87. The van der Waals surface area contributed by atoms with Gasteiger partial charge in [0.2, 0.25) is 0 Å². The summed E-state index contributed by atoms with van der Waals surface area (Å²) >= 11 is 9.48. The average molecular weight is 293 g/mol. The lowest BCUT2D eigenvalue weighted by molar-refractivity contribution is 1.37. The molecule has 3 heteroatoms. The van der Waals surface area contributed by atoms with Crippen molar-refractivity contribution in [2.24, 2.45) is 0 Å². The molecule has 78 valence electrons. The zero-order valence-corrected chi connectivity index (χ0v) is 10.6. The van der Waals surface area contributed by atoms with Gasteiger partial charge in [0.25, 0.3) is 0 Å². The Hall–Kier alpha value is -1.12. The quantitative estimate of drug-likeness (QED) is 0.428. The Balaban J connectivity index is 2.59. The first-order chi connectivity index (χ1) is 7.75. The van der Waals surface area contributed by atoms with E-state index in [0.29, 0.717) is 5.15 Å². The van der Waals surface area contributed by atoms with E-state index in [2.05, 4.69) is 39.1 Å². The maximum atomic E-state index is 5.91. The van der Waals surface area contributed by atoms with Crippen molar-refractivity contribution in [3.8, 4) is 0 Å². The number of aromatic nitrogens is 1. The molecule has 1 aromatic heterocycles. The van der Waals surface area contributed by atoms with Crippen molar-refractivity contribution in [2.75, 3.05) is 0 Å². The lowest BCUT2D eigenvalue weighted by Gasteiger charge is -2.05. The summed E-state index contributed by atoms with van der Waals surface area (Å²) in [6, 6.07) is 12.2. The highest BCUT2D eigenvalue weighted by molar-refractivity contribution is 9.10. The molecule has 0 amide bonds. The Labute approximate surface area is 106 Å². The summed E-state index contributed by atoms with van der Waals surface area (Å²) in [5, 5.41) is 5.13. The lowest BCUT2D eigenvalue weighted by atomic mass is 10.0. The van der Waals surface area contributed by atoms with E-state index < -0.39 is 0 Å². The smallest absolute Gasteiger partial charge is 0.129 e. The number of benzene rings is 2. The van der Waals surface area contributed by atoms with E-state index in [4.69, 9.17) is 11.6 Å². The summed E-state index contributed by atoms with van der Waals surface area (Å²) in [5.41, 5.74) is 0. The second kappa shape index (κ2) is 3.72. The van der Waals surface area contributed by atoms with Crippen LogP contribution in [0.2, 0.25) is 5.15 Å². The molecule has 0 unspecified atom stereocenters. The molecular formula is C13H7BrClN. The summed E-state index contributed by atoms with van der Waals surface area (Å²) < 4.78 is 1.05. The molecule has 0 aliphatic rings. The van der Waals surface area contributed by atoms with E-state index >= 15 is 0 Å². The van der Waals surface area contributed by atoms with Gasteiger partial charge in [0.05, 0.1) is 0 Å². The Bertz CT molecular complexity index is 694. The van der Waals surface area contributed by atoms with Crippen LogP contribution in [-0.2, 0) is 0 Å². The fraction of sp³-hybridized carbons (Fsp3) is 0. The van der Waals surface area contributed by atoms with Crippen molar-refractivity contribution in [3.05, 3.63) is 52.2 Å². The van der Waals surface area contributed by atoms with Crippen LogP contribution in [0.25, 0.3) is 21.5 Å². The van der Waals surface area contributed by atoms with Crippen LogP contribution in [0.4, 0.5) is 0 Å². The molecule has 3 aromatic rings. The predicted molar refractivity (Wildman–Crippen MR) is 72.0 cm³/mol. The van der Waals surface area contributed by atoms with Gasteiger partial charge in [0.15, 0.2) is 0 Å². The molecule has 0 fully saturated rings. The van der Waals surface area contributed by atoms with Gasteiger partial charge in [-0.2, -0.15) is 0 Å². The van der Waals surface area contributed by atoms with E-state index in [0.717, 1.165) is 15.2 Å². The van der Waals surface area contributed by atoms with Gasteiger partial charge in [0, 0.05) is 21.4 Å². The van der Waals surface area contributed by atoms with E-state index in [1.54, 1.807) is 0 Å². The molecule has 0 saturated heterocycles. The SMILES string of the molecule is Clc1cc2c(Br)cc3ccccc3c2cn1. The third-order valence-electron chi connectivity index (χ3n) is 2.66. The highest BCUT2D eigenvalue weighted by Crippen LogP contribution is 2.32. The van der Waals surface area contributed by atoms with Gasteiger partial charge in [-0.25, -0.2) is 4.98 Å². The summed E-state index contributed by atoms with van der Waals surface area (Å²) in [5.74, 6) is 0. The van der Waals surface area contributed by atoms with Crippen molar-refractivity contribution in [1.29, 1.82) is 0 Å². The van der Waals surface area contributed by atoms with Crippen molar-refractivity contribution in [2.45, 2.75) is 0 Å². The minimum atomic E-state index is 0.517. The molecule has 1 heterocycles. The summed E-state index contributed by atoms with van der Waals surface area (Å²) in [4.78, 5) is 4.14. The molecule has 0 spiro atoms. The molecule has 2 aromatic carbocycles. The maximum absolute atomic E-state index is 5.91. The number of rotatable bonds is 0. The standard InChI is InChI=1S/C13H7BrClN/c14-12-5-8-3-1-2-4-9(8)11-7-16-13(15)6-10(11)12/h1-7H. The van der Waals surface area contributed by atoms with Crippen LogP contribution < -0.4 is 0 Å². The number of hydrogen-bond donors (Lipinski definition) is 0. The maximum Gasteiger partial charge on any atom is 0.129 e. The average Bonchev–Trinajstić information content (AvgIpc) is 2.29. The molecule has 0 radical (unpaired) electrons. The first-order valence-electron chi connectivity index (χ1n) is 4.88. The molecule has 1 nitrogen and oxygen atoms in total. The molecule has 3 rings (SSSR count). The fourth-order valence-corrected chi connectivity index (χ4v) is 2.66. The number of hydrogen-bond acceptors (Lipinski definition) is 1. The van der Waals surface area contributed by atoms with E-state index in [1.165, 1.54) is 10.8 Å². The number of pyridine rings is 1. The summed E-state index contributed by atoms with van der Waals surface area (Å²) in [7, 11) is 0. The largest absolute Gasteiger partial charge is 0.244 e. The van der Waals surface area contributed by atoms with Gasteiger partial charge in [-0.1, -0.05) is 51.8 Å². The van der Waals surface area contributed by atoms with Gasteiger partial charge in [-0.05, 0) is 22.9 Å². The molecular weight excluding hydrogens is 286 g/mol. The van der Waals surface area contributed by atoms with Crippen LogP contribution in [0.5, 0.6) is 0 Å². The minimum absolute atomic E-state index is 0.517. The van der Waals surface area contributed by atoms with Gasteiger partial charge in [0.1, 0.15) is 5.15 Å². The first-order valence-corrected chi connectivity index (χ1v) is 6.05. The molecule has 0 bridgehead atoms. The van der Waals surface area contributed by atoms with Crippen LogP contribution in [0, 0.1) is 0 Å². The van der Waals surface area contributed by atoms with Gasteiger partial charge in [-0.3, -0.25) is 0 Å². The van der Waals surface area contributed by atoms with Gasteiger partial charge in [-0.15, -0.1) is 0 Å². The van der Waals surface area contributed by atoms with Crippen LogP contribution in [0.1, 0.15) is 0 Å². The highest BCUT2D eigenvalue weighted by atomic mass is 79.9. The van der Waals surface area contributed by atoms with Crippen LogP contribution in [-0.4, -0.2) is 4.98 Å². The Morgan fingerprint density at radius 1 is 1.00 bits per heavy atom. The van der Waals surface area contributed by atoms with E-state index in [1.807, 2.05) is 24.4 Å². The minimum Gasteiger partial charge on any atom is -0.244 e. The zero-order chi connectivity index (χ0) is 11.1. The number of nitrogens with zero attached hydrogens (tertiary/aromatic N) is 1. The molecule has 0 saturated carbocycles. The Kier molecular flexibility index (Phi) is 2.34. The van der Waals surface area contributed by atoms with Crippen LogP contribution in [0.15, 0.2) is 47.1 Å². The molecule has 0 N–H and O–H groups in total. The Morgan fingerprint density at radius 3 is 2.69 bits per heavy atom. The van der Waals surface area contributed by atoms with Crippen molar-refractivity contribution >= 4 is 49.1 Å². The highest BCUT2D eigenvalue weighted by Gasteiger charge is 2.05. The number of halogens is 2. The normalized spacial score (nSPS) is 11.1. The molecule has 0 aliphatic heterocycles. The lowest BCUT2D eigenvalue weighted by Crippen LogP contribution is -1.82. The molecule has 16 heavy (non-hydrogen) atoms. The predicted octanol–water partition coefficient (Wildman–Crippen LogP) is 4.80. The third kappa shape index (κ3) is 1.49. The van der Waals surface area contributed by atoms with Crippen LogP contribution >= 0.6 is 27.5 Å². The van der Waals surface area contributed by atoms with Gasteiger partial charge < -0.3 is 0 Å². The summed E-state index contributed by atoms with van der Waals surface area (Å²) in [6.07, 6.45) is 1.82. The zero-order valence-electron chi connectivity index (χ0n) is 8.24. The molecule has 0 aliphatic carbocycles. The van der Waals surface area contributed by atoms with Crippen LogP contribution in [0.3, 0.4) is 0 Å². The topological polar surface area (TPSA) is 12.9 Å². The van der Waals surface area contributed by atoms with Gasteiger partial charge >= 0.3 is 0 Å². The third-order valence-corrected chi connectivity index (χ3v) is 3.52. The van der Waals surface area contributed by atoms with E-state index in [-0.39, 0.29) is 0 Å². The summed E-state index contributed by atoms with van der Waals surface area (Å²) in [6.45, 7) is 0. The molecule has 0 atom stereocenters. The second-order valence-electron chi connectivity index (χ2n) is 3.63. The van der Waals surface area contributed by atoms with E-state index in [9.17, 15) is 0 Å². The van der Waals surface area contributed by atoms with Crippen molar-refractivity contribution in [1.82, 2.24) is 4.98 Å². The monoisotopic (exact) mass is 291 g/mol. The fourth-order valence-electron chi connectivity index (χ4n) is 1.92. The van der Waals surface area contributed by atoms with Crippen molar-refractivity contribution in [3.63, 3.8) is 0 Å². The van der Waals surface area contributed by atoms with Crippen molar-refractivity contribution < 1.29 is 0 Å².